The molecule has 0 unspecified atom stereocenters. The molecule has 4 heteroatoms. The maximum absolute atomic E-state index is 9.22. The first-order chi connectivity index (χ1) is 4.63. The number of aromatic hydroxyl groups is 1. The molecule has 0 heterocycles. The normalized spacial score (nSPS) is 9.90. The number of rotatable bonds is 0. The van der Waals surface area contributed by atoms with Crippen LogP contribution >= 0.6 is 50.1 Å². The average molecular weight is 333 g/mol. The van der Waals surface area contributed by atoms with Crippen molar-refractivity contribution in [2.24, 2.45) is 0 Å². The predicted octanol–water partition coefficient (Wildman–Crippen LogP) is 3.41. The van der Waals surface area contributed by atoms with Gasteiger partial charge in [0, 0.05) is 4.47 Å². The average Bonchev–Trinajstić information content (AvgIpc) is 1.93. The summed E-state index contributed by atoms with van der Waals surface area (Å²) in [7, 11) is 0. The van der Waals surface area contributed by atoms with Crippen LogP contribution in [0.4, 0.5) is 0 Å². The highest BCUT2D eigenvalue weighted by Gasteiger charge is 2.05. The van der Waals surface area contributed by atoms with Gasteiger partial charge in [0.15, 0.2) is 0 Å². The van der Waals surface area contributed by atoms with E-state index < -0.39 is 0 Å². The van der Waals surface area contributed by atoms with Crippen LogP contribution in [0, 0.1) is 3.57 Å². The third-order valence-corrected chi connectivity index (χ3v) is 3.82. The predicted molar refractivity (Wildman–Crippen MR) is 53.5 cm³/mol. The summed E-state index contributed by atoms with van der Waals surface area (Å²) in [6, 6.07) is 3.44. The Morgan fingerprint density at radius 1 is 1.50 bits per heavy atom. The number of hydrogen-bond acceptors (Lipinski definition) is 1. The number of benzene rings is 1. The molecule has 0 amide bonds. The Kier molecular flexibility index (Phi) is 2.82. The molecular formula is C6H3BrClIO. The second kappa shape index (κ2) is 3.28. The van der Waals surface area contributed by atoms with E-state index >= 15 is 0 Å². The van der Waals surface area contributed by atoms with Crippen LogP contribution in [0.15, 0.2) is 16.6 Å². The quantitative estimate of drug-likeness (QED) is 0.570. The molecule has 1 nitrogen and oxygen atoms in total. The summed E-state index contributed by atoms with van der Waals surface area (Å²) in [6.07, 6.45) is 0. The molecule has 0 radical (unpaired) electrons. The Labute approximate surface area is 85.7 Å². The van der Waals surface area contributed by atoms with Crippen molar-refractivity contribution in [3.63, 3.8) is 0 Å². The van der Waals surface area contributed by atoms with Crippen molar-refractivity contribution in [1.82, 2.24) is 0 Å². The van der Waals surface area contributed by atoms with E-state index in [1.54, 1.807) is 12.1 Å². The van der Waals surface area contributed by atoms with Crippen molar-refractivity contribution in [3.8, 4) is 5.75 Å². The molecule has 0 fully saturated rings. The molecule has 0 aliphatic carbocycles. The minimum absolute atomic E-state index is 0.136. The highest BCUT2D eigenvalue weighted by atomic mass is 127. The van der Waals surface area contributed by atoms with Gasteiger partial charge >= 0.3 is 0 Å². The van der Waals surface area contributed by atoms with E-state index in [1.165, 1.54) is 0 Å². The largest absolute Gasteiger partial charge is 0.505 e. The maximum Gasteiger partial charge on any atom is 0.148 e. The molecule has 0 aliphatic rings. The van der Waals surface area contributed by atoms with Crippen molar-refractivity contribution in [1.29, 1.82) is 0 Å². The number of halogens is 3. The first-order valence-corrected chi connectivity index (χ1v) is 4.70. The molecule has 10 heavy (non-hydrogen) atoms. The molecule has 0 aromatic heterocycles. The summed E-state index contributed by atoms with van der Waals surface area (Å²) in [5.41, 5.74) is 0. The van der Waals surface area contributed by atoms with E-state index in [9.17, 15) is 5.11 Å². The van der Waals surface area contributed by atoms with Gasteiger partial charge in [0.2, 0.25) is 0 Å². The number of hydrogen-bond donors (Lipinski definition) is 1. The van der Waals surface area contributed by atoms with Crippen molar-refractivity contribution in [2.75, 3.05) is 0 Å². The maximum atomic E-state index is 9.22. The molecular weight excluding hydrogens is 330 g/mol. The highest BCUT2D eigenvalue weighted by molar-refractivity contribution is 14.1. The third kappa shape index (κ3) is 1.57. The Morgan fingerprint density at radius 3 is 2.60 bits per heavy atom. The van der Waals surface area contributed by atoms with E-state index in [1.807, 2.05) is 22.6 Å². The van der Waals surface area contributed by atoms with E-state index in [2.05, 4.69) is 15.9 Å². The first-order valence-electron chi connectivity index (χ1n) is 2.45. The molecule has 54 valence electrons. The van der Waals surface area contributed by atoms with Crippen LogP contribution in [-0.4, -0.2) is 5.11 Å². The molecule has 1 N–H and O–H groups in total. The molecule has 0 saturated carbocycles. The molecule has 0 atom stereocenters. The van der Waals surface area contributed by atoms with Crippen LogP contribution in [0.1, 0.15) is 0 Å². The van der Waals surface area contributed by atoms with E-state index in [4.69, 9.17) is 11.6 Å². The molecule has 1 aromatic rings. The van der Waals surface area contributed by atoms with Gasteiger partial charge in [-0.2, -0.15) is 0 Å². The minimum atomic E-state index is 0.136. The minimum Gasteiger partial charge on any atom is -0.505 e. The van der Waals surface area contributed by atoms with E-state index in [0.29, 0.717) is 5.02 Å². The van der Waals surface area contributed by atoms with Crippen LogP contribution < -0.4 is 0 Å². The fourth-order valence-electron chi connectivity index (χ4n) is 0.516. The standard InChI is InChI=1S/C6H3BrClIO/c7-3-1-2-4(8)6(10)5(3)9/h1-2,10H. The van der Waals surface area contributed by atoms with Crippen LogP contribution in [0.2, 0.25) is 5.02 Å². The van der Waals surface area contributed by atoms with E-state index in [0.717, 1.165) is 8.04 Å². The zero-order valence-corrected chi connectivity index (χ0v) is 9.24. The van der Waals surface area contributed by atoms with Crippen LogP contribution in [0.3, 0.4) is 0 Å². The van der Waals surface area contributed by atoms with Gasteiger partial charge in [-0.25, -0.2) is 0 Å². The summed E-state index contributed by atoms with van der Waals surface area (Å²) in [6.45, 7) is 0. The lowest BCUT2D eigenvalue weighted by molar-refractivity contribution is 0.471. The zero-order valence-electron chi connectivity index (χ0n) is 4.74. The monoisotopic (exact) mass is 332 g/mol. The van der Waals surface area contributed by atoms with Crippen molar-refractivity contribution >= 4 is 50.1 Å². The lowest BCUT2D eigenvalue weighted by Gasteiger charge is -2.00. The molecule has 0 spiro atoms. The third-order valence-electron chi connectivity index (χ3n) is 1.02. The van der Waals surface area contributed by atoms with Gasteiger partial charge in [-0.1, -0.05) is 11.6 Å². The SMILES string of the molecule is Oc1c(Cl)ccc(Br)c1I. The second-order valence-electron chi connectivity index (χ2n) is 1.69. The fraction of sp³-hybridized carbons (Fsp3) is 0. The first kappa shape index (κ1) is 8.62. The lowest BCUT2D eigenvalue weighted by Crippen LogP contribution is -1.76. The highest BCUT2D eigenvalue weighted by Crippen LogP contribution is 2.33. The number of phenolic OH excluding ortho intramolecular Hbond substituents is 1. The molecule has 1 aromatic carbocycles. The zero-order chi connectivity index (χ0) is 7.72. The summed E-state index contributed by atoms with van der Waals surface area (Å²) in [5, 5.41) is 9.60. The van der Waals surface area contributed by atoms with Crippen LogP contribution in [0.25, 0.3) is 0 Å². The van der Waals surface area contributed by atoms with E-state index in [-0.39, 0.29) is 5.75 Å². The van der Waals surface area contributed by atoms with Gasteiger partial charge in [0.25, 0.3) is 0 Å². The van der Waals surface area contributed by atoms with Crippen molar-refractivity contribution in [3.05, 3.63) is 25.2 Å². The van der Waals surface area contributed by atoms with Crippen molar-refractivity contribution < 1.29 is 5.11 Å². The Balaban J connectivity index is 3.34. The van der Waals surface area contributed by atoms with Gasteiger partial charge in [-0.3, -0.25) is 0 Å². The van der Waals surface area contributed by atoms with Crippen LogP contribution in [-0.2, 0) is 0 Å². The summed E-state index contributed by atoms with van der Waals surface area (Å²) < 4.78 is 1.60. The summed E-state index contributed by atoms with van der Waals surface area (Å²) >= 11 is 10.9. The van der Waals surface area contributed by atoms with Gasteiger partial charge in [0.05, 0.1) is 8.59 Å². The molecule has 1 rings (SSSR count). The van der Waals surface area contributed by atoms with Gasteiger partial charge in [-0.15, -0.1) is 0 Å². The second-order valence-corrected chi connectivity index (χ2v) is 4.03. The molecule has 0 aliphatic heterocycles. The fourth-order valence-corrected chi connectivity index (χ4v) is 1.62. The molecule has 0 bridgehead atoms. The Bertz CT molecular complexity index is 237. The lowest BCUT2D eigenvalue weighted by atomic mass is 10.3. The number of phenols is 1. The topological polar surface area (TPSA) is 20.2 Å². The van der Waals surface area contributed by atoms with Crippen LogP contribution in [0.5, 0.6) is 5.75 Å². The Hall–Kier alpha value is 0.520. The van der Waals surface area contributed by atoms with Gasteiger partial charge in [0.1, 0.15) is 5.75 Å². The van der Waals surface area contributed by atoms with Gasteiger partial charge in [-0.05, 0) is 50.7 Å². The summed E-state index contributed by atoms with van der Waals surface area (Å²) in [5.74, 6) is 0.136. The smallest absolute Gasteiger partial charge is 0.148 e. The Morgan fingerprint density at radius 2 is 2.10 bits per heavy atom. The molecule has 0 saturated heterocycles. The summed E-state index contributed by atoms with van der Waals surface area (Å²) in [4.78, 5) is 0. The van der Waals surface area contributed by atoms with Crippen molar-refractivity contribution in [2.45, 2.75) is 0 Å². The van der Waals surface area contributed by atoms with Gasteiger partial charge < -0.3 is 5.11 Å².